The van der Waals surface area contributed by atoms with Crippen molar-refractivity contribution < 1.29 is 4.74 Å². The van der Waals surface area contributed by atoms with Gasteiger partial charge in [-0.2, -0.15) is 0 Å². The van der Waals surface area contributed by atoms with Crippen LogP contribution < -0.4 is 10.1 Å². The summed E-state index contributed by atoms with van der Waals surface area (Å²) in [4.78, 5) is 8.64. The number of benzene rings is 1. The van der Waals surface area contributed by atoms with Gasteiger partial charge < -0.3 is 10.1 Å². The Bertz CT molecular complexity index is 579. The Morgan fingerprint density at radius 1 is 1.20 bits per heavy atom. The number of rotatable bonds is 5. The molecule has 4 heteroatoms. The van der Waals surface area contributed by atoms with Crippen molar-refractivity contribution in [3.05, 3.63) is 53.6 Å². The number of ether oxygens (including phenoxy) is 1. The highest BCUT2D eigenvalue weighted by Crippen LogP contribution is 2.28. The Morgan fingerprint density at radius 3 is 2.55 bits per heavy atom. The van der Waals surface area contributed by atoms with E-state index >= 15 is 0 Å². The largest absolute Gasteiger partial charge is 0.490 e. The van der Waals surface area contributed by atoms with Crippen molar-refractivity contribution in [2.24, 2.45) is 0 Å². The van der Waals surface area contributed by atoms with Gasteiger partial charge in [-0.15, -0.1) is 0 Å². The Labute approximate surface area is 119 Å². The molecule has 1 fully saturated rings. The highest BCUT2D eigenvalue weighted by molar-refractivity contribution is 5.33. The Balaban J connectivity index is 1.81. The van der Waals surface area contributed by atoms with E-state index in [1.807, 2.05) is 32.2 Å². The van der Waals surface area contributed by atoms with Crippen LogP contribution in [0, 0.1) is 6.92 Å². The highest BCUT2D eigenvalue weighted by atomic mass is 16.5. The number of aromatic nitrogens is 2. The summed E-state index contributed by atoms with van der Waals surface area (Å²) in [5, 5.41) is 3.30. The van der Waals surface area contributed by atoms with Gasteiger partial charge >= 0.3 is 0 Å². The van der Waals surface area contributed by atoms with Gasteiger partial charge in [-0.25, -0.2) is 9.97 Å². The number of hydrogen-bond acceptors (Lipinski definition) is 4. The molecule has 1 aromatic heterocycles. The minimum absolute atomic E-state index is 0.0756. The molecule has 0 radical (unpaired) electrons. The first-order valence-corrected chi connectivity index (χ1v) is 6.99. The molecule has 4 nitrogen and oxygen atoms in total. The van der Waals surface area contributed by atoms with Crippen LogP contribution in [0.2, 0.25) is 0 Å². The second-order valence-corrected chi connectivity index (χ2v) is 5.14. The van der Waals surface area contributed by atoms with Crippen molar-refractivity contribution in [2.45, 2.75) is 31.9 Å². The zero-order valence-electron chi connectivity index (χ0n) is 11.8. The van der Waals surface area contributed by atoms with Gasteiger partial charge in [0.15, 0.2) is 0 Å². The monoisotopic (exact) mass is 269 g/mol. The van der Waals surface area contributed by atoms with Crippen molar-refractivity contribution in [1.29, 1.82) is 0 Å². The van der Waals surface area contributed by atoms with E-state index in [9.17, 15) is 0 Å². The Hall–Kier alpha value is -1.94. The summed E-state index contributed by atoms with van der Waals surface area (Å²) in [5.74, 6) is 1.74. The van der Waals surface area contributed by atoms with Crippen LogP contribution in [0.4, 0.5) is 0 Å². The van der Waals surface area contributed by atoms with Crippen LogP contribution >= 0.6 is 0 Å². The fourth-order valence-corrected chi connectivity index (χ4v) is 2.24. The van der Waals surface area contributed by atoms with Crippen LogP contribution in [0.15, 0.2) is 36.5 Å². The summed E-state index contributed by atoms with van der Waals surface area (Å²) in [6, 6.07) is 10.3. The molecule has 0 amide bonds. The number of hydrogen-bond donors (Lipinski definition) is 1. The van der Waals surface area contributed by atoms with Crippen molar-refractivity contribution in [3.8, 4) is 5.75 Å². The minimum atomic E-state index is 0.0756. The van der Waals surface area contributed by atoms with Crippen LogP contribution in [0.3, 0.4) is 0 Å². The standard InChI is InChI=1S/C16H19N3O/c1-11-18-10-9-15(19-11)16(17-2)12-3-5-13(6-4-12)20-14-7-8-14/h3-6,9-10,14,16-17H,7-8H2,1-2H3. The number of nitrogens with one attached hydrogen (secondary N) is 1. The first kappa shape index (κ1) is 13.1. The first-order valence-electron chi connectivity index (χ1n) is 6.99. The summed E-state index contributed by atoms with van der Waals surface area (Å²) in [6.07, 6.45) is 4.60. The van der Waals surface area contributed by atoms with E-state index in [1.165, 1.54) is 18.4 Å². The van der Waals surface area contributed by atoms with E-state index in [0.29, 0.717) is 6.10 Å². The molecule has 1 N–H and O–H groups in total. The molecule has 1 unspecified atom stereocenters. The van der Waals surface area contributed by atoms with Crippen LogP contribution in [-0.2, 0) is 0 Å². The predicted octanol–water partition coefficient (Wildman–Crippen LogP) is 2.64. The molecule has 20 heavy (non-hydrogen) atoms. The van der Waals surface area contributed by atoms with E-state index in [1.54, 1.807) is 6.20 Å². The third kappa shape index (κ3) is 2.96. The van der Waals surface area contributed by atoms with Gasteiger partial charge in [-0.3, -0.25) is 0 Å². The predicted molar refractivity (Wildman–Crippen MR) is 77.8 cm³/mol. The fraction of sp³-hybridized carbons (Fsp3) is 0.375. The number of aryl methyl sites for hydroxylation is 1. The Kier molecular flexibility index (Phi) is 3.65. The summed E-state index contributed by atoms with van der Waals surface area (Å²) in [7, 11) is 1.94. The second-order valence-electron chi connectivity index (χ2n) is 5.14. The van der Waals surface area contributed by atoms with Crippen LogP contribution in [-0.4, -0.2) is 23.1 Å². The van der Waals surface area contributed by atoms with Crippen molar-refractivity contribution in [3.63, 3.8) is 0 Å². The van der Waals surface area contributed by atoms with Crippen molar-refractivity contribution in [1.82, 2.24) is 15.3 Å². The Morgan fingerprint density at radius 2 is 1.95 bits per heavy atom. The van der Waals surface area contributed by atoms with Crippen LogP contribution in [0.25, 0.3) is 0 Å². The van der Waals surface area contributed by atoms with Crippen LogP contribution in [0.5, 0.6) is 5.75 Å². The molecule has 1 heterocycles. The SMILES string of the molecule is CNC(c1ccc(OC2CC2)cc1)c1ccnc(C)n1. The average molecular weight is 269 g/mol. The lowest BCUT2D eigenvalue weighted by molar-refractivity contribution is 0.303. The fourth-order valence-electron chi connectivity index (χ4n) is 2.24. The molecule has 1 atom stereocenters. The van der Waals surface area contributed by atoms with E-state index in [0.717, 1.165) is 17.3 Å². The molecular weight excluding hydrogens is 250 g/mol. The summed E-state index contributed by atoms with van der Waals surface area (Å²) >= 11 is 0. The average Bonchev–Trinajstić information content (AvgIpc) is 3.26. The summed E-state index contributed by atoms with van der Waals surface area (Å²) in [5.41, 5.74) is 2.16. The molecule has 1 aliphatic rings. The zero-order chi connectivity index (χ0) is 13.9. The smallest absolute Gasteiger partial charge is 0.125 e. The third-order valence-corrected chi connectivity index (χ3v) is 3.42. The van der Waals surface area contributed by atoms with Gasteiger partial charge in [-0.05, 0) is 50.6 Å². The first-order chi connectivity index (χ1) is 9.76. The molecule has 0 bridgehead atoms. The molecule has 104 valence electrons. The lowest BCUT2D eigenvalue weighted by Gasteiger charge is -2.17. The topological polar surface area (TPSA) is 47.0 Å². The summed E-state index contributed by atoms with van der Waals surface area (Å²) < 4.78 is 5.77. The molecule has 1 aliphatic carbocycles. The lowest BCUT2D eigenvalue weighted by atomic mass is 10.0. The van der Waals surface area contributed by atoms with E-state index < -0.39 is 0 Å². The van der Waals surface area contributed by atoms with E-state index in [4.69, 9.17) is 4.74 Å². The molecule has 3 rings (SSSR count). The third-order valence-electron chi connectivity index (χ3n) is 3.42. The molecule has 0 spiro atoms. The maximum Gasteiger partial charge on any atom is 0.125 e. The lowest BCUT2D eigenvalue weighted by Crippen LogP contribution is -2.19. The zero-order valence-corrected chi connectivity index (χ0v) is 11.8. The molecule has 1 saturated carbocycles. The van der Waals surface area contributed by atoms with Gasteiger partial charge in [0.25, 0.3) is 0 Å². The quantitative estimate of drug-likeness (QED) is 0.906. The molecule has 1 aromatic carbocycles. The maximum absolute atomic E-state index is 5.77. The minimum Gasteiger partial charge on any atom is -0.490 e. The van der Waals surface area contributed by atoms with Gasteiger partial charge in [-0.1, -0.05) is 12.1 Å². The van der Waals surface area contributed by atoms with E-state index in [-0.39, 0.29) is 6.04 Å². The van der Waals surface area contributed by atoms with Gasteiger partial charge in [0.1, 0.15) is 11.6 Å². The van der Waals surface area contributed by atoms with Gasteiger partial charge in [0, 0.05) is 6.20 Å². The van der Waals surface area contributed by atoms with Gasteiger partial charge in [0.05, 0.1) is 17.8 Å². The molecular formula is C16H19N3O. The summed E-state index contributed by atoms with van der Waals surface area (Å²) in [6.45, 7) is 1.91. The normalized spacial score (nSPS) is 15.9. The van der Waals surface area contributed by atoms with Crippen molar-refractivity contribution in [2.75, 3.05) is 7.05 Å². The molecule has 0 aliphatic heterocycles. The maximum atomic E-state index is 5.77. The second kappa shape index (κ2) is 5.59. The van der Waals surface area contributed by atoms with Gasteiger partial charge in [0.2, 0.25) is 0 Å². The van der Waals surface area contributed by atoms with Crippen LogP contribution in [0.1, 0.15) is 36.0 Å². The molecule has 2 aromatic rings. The number of nitrogens with zero attached hydrogens (tertiary/aromatic N) is 2. The van der Waals surface area contributed by atoms with Crippen molar-refractivity contribution >= 4 is 0 Å². The molecule has 0 saturated heterocycles. The highest BCUT2D eigenvalue weighted by Gasteiger charge is 2.23. The van der Waals surface area contributed by atoms with E-state index in [2.05, 4.69) is 27.4 Å².